The lowest BCUT2D eigenvalue weighted by atomic mass is 10.1. The van der Waals surface area contributed by atoms with Crippen LogP contribution in [0.3, 0.4) is 0 Å². The molecule has 3 aromatic carbocycles. The number of nitro benzene ring substituents is 1. The van der Waals surface area contributed by atoms with Crippen molar-refractivity contribution in [1.29, 1.82) is 0 Å². The number of hydrogen-bond acceptors (Lipinski definition) is 5. The first-order valence-electron chi connectivity index (χ1n) is 9.86. The summed E-state index contributed by atoms with van der Waals surface area (Å²) in [6.45, 7) is 3.08. The lowest BCUT2D eigenvalue weighted by Gasteiger charge is -2.25. The Hall–Kier alpha value is -3.72. The average molecular weight is 454 g/mol. The highest BCUT2D eigenvalue weighted by molar-refractivity contribution is 7.92. The Kier molecular flexibility index (Phi) is 6.89. The highest BCUT2D eigenvalue weighted by Crippen LogP contribution is 2.27. The van der Waals surface area contributed by atoms with Crippen LogP contribution in [0.4, 0.5) is 11.4 Å². The number of rotatable bonds is 8. The molecule has 32 heavy (non-hydrogen) atoms. The molecule has 0 fully saturated rings. The van der Waals surface area contributed by atoms with Gasteiger partial charge in [0.25, 0.3) is 15.7 Å². The third-order valence-electron chi connectivity index (χ3n) is 4.90. The fourth-order valence-corrected chi connectivity index (χ4v) is 4.57. The maximum atomic E-state index is 13.4. The molecule has 0 spiro atoms. The molecule has 0 saturated carbocycles. The van der Waals surface area contributed by atoms with Gasteiger partial charge in [0.1, 0.15) is 6.54 Å². The van der Waals surface area contributed by atoms with Gasteiger partial charge in [-0.25, -0.2) is 8.42 Å². The number of nitrogens with zero attached hydrogens (tertiary/aromatic N) is 2. The second-order valence-electron chi connectivity index (χ2n) is 7.30. The van der Waals surface area contributed by atoms with Crippen LogP contribution in [0.2, 0.25) is 0 Å². The minimum absolute atomic E-state index is 0.0153. The van der Waals surface area contributed by atoms with Gasteiger partial charge in [-0.1, -0.05) is 54.1 Å². The standard InChI is InChI=1S/C23H23N3O5S/c1-17-11-13-22(14-12-17)32(30,31)25(20-9-6-10-21(15-20)26(28)29)16-23(27)24-18(2)19-7-4-3-5-8-19/h3-15,18H,16H2,1-2H3,(H,24,27)/t18-/m1/s1. The first kappa shape index (κ1) is 23.0. The Balaban J connectivity index is 1.95. The van der Waals surface area contributed by atoms with E-state index in [0.717, 1.165) is 21.5 Å². The largest absolute Gasteiger partial charge is 0.348 e. The third kappa shape index (κ3) is 5.30. The summed E-state index contributed by atoms with van der Waals surface area (Å²) in [6, 6.07) is 20.3. The van der Waals surface area contributed by atoms with Crippen LogP contribution < -0.4 is 9.62 Å². The van der Waals surface area contributed by atoms with Gasteiger partial charge in [0.2, 0.25) is 5.91 Å². The predicted octanol–water partition coefficient (Wildman–Crippen LogP) is 3.98. The van der Waals surface area contributed by atoms with Gasteiger partial charge < -0.3 is 5.32 Å². The van der Waals surface area contributed by atoms with Crippen molar-refractivity contribution >= 4 is 27.3 Å². The van der Waals surface area contributed by atoms with Crippen LogP contribution in [0.5, 0.6) is 0 Å². The number of anilines is 1. The van der Waals surface area contributed by atoms with Crippen molar-refractivity contribution in [2.75, 3.05) is 10.8 Å². The van der Waals surface area contributed by atoms with Gasteiger partial charge in [0, 0.05) is 12.1 Å². The number of carbonyl (C=O) groups is 1. The number of nitrogens with one attached hydrogen (secondary N) is 1. The number of carbonyl (C=O) groups excluding carboxylic acids is 1. The van der Waals surface area contributed by atoms with E-state index in [1.165, 1.54) is 30.3 Å². The van der Waals surface area contributed by atoms with Crippen molar-refractivity contribution in [2.24, 2.45) is 0 Å². The van der Waals surface area contributed by atoms with Crippen molar-refractivity contribution < 1.29 is 18.1 Å². The molecule has 0 radical (unpaired) electrons. The van der Waals surface area contributed by atoms with E-state index in [9.17, 15) is 23.3 Å². The second kappa shape index (κ2) is 9.61. The summed E-state index contributed by atoms with van der Waals surface area (Å²) < 4.78 is 27.7. The number of nitro groups is 1. The molecule has 3 rings (SSSR count). The topological polar surface area (TPSA) is 110 Å². The zero-order chi connectivity index (χ0) is 23.3. The number of amides is 1. The number of hydrogen-bond donors (Lipinski definition) is 1. The van der Waals surface area contributed by atoms with Crippen molar-refractivity contribution in [1.82, 2.24) is 5.32 Å². The summed E-state index contributed by atoms with van der Waals surface area (Å²) in [7, 11) is -4.16. The molecule has 1 N–H and O–H groups in total. The van der Waals surface area contributed by atoms with Crippen molar-refractivity contribution in [3.63, 3.8) is 0 Å². The fourth-order valence-electron chi connectivity index (χ4n) is 3.16. The molecule has 3 aromatic rings. The van der Waals surface area contributed by atoms with E-state index >= 15 is 0 Å². The summed E-state index contributed by atoms with van der Waals surface area (Å²) in [5, 5.41) is 14.0. The highest BCUT2D eigenvalue weighted by Gasteiger charge is 2.28. The van der Waals surface area contributed by atoms with Gasteiger partial charge >= 0.3 is 0 Å². The molecule has 8 nitrogen and oxygen atoms in total. The monoisotopic (exact) mass is 453 g/mol. The number of aryl methyl sites for hydroxylation is 1. The lowest BCUT2D eigenvalue weighted by molar-refractivity contribution is -0.384. The SMILES string of the molecule is Cc1ccc(S(=O)(=O)N(CC(=O)N[C@H](C)c2ccccc2)c2cccc([N+](=O)[O-])c2)cc1. The van der Waals surface area contributed by atoms with Crippen molar-refractivity contribution in [3.05, 3.63) is 100 Å². The summed E-state index contributed by atoms with van der Waals surface area (Å²) >= 11 is 0. The van der Waals surface area contributed by atoms with Crippen molar-refractivity contribution in [2.45, 2.75) is 24.8 Å². The van der Waals surface area contributed by atoms with Gasteiger partial charge in [0.15, 0.2) is 0 Å². The molecule has 0 aliphatic carbocycles. The van der Waals surface area contributed by atoms with Gasteiger partial charge in [-0.3, -0.25) is 19.2 Å². The molecule has 1 atom stereocenters. The van der Waals surface area contributed by atoms with Crippen LogP contribution in [0.25, 0.3) is 0 Å². The Labute approximate surface area is 186 Å². The highest BCUT2D eigenvalue weighted by atomic mass is 32.2. The zero-order valence-electron chi connectivity index (χ0n) is 17.6. The van der Waals surface area contributed by atoms with Gasteiger partial charge in [-0.2, -0.15) is 0 Å². The van der Waals surface area contributed by atoms with Crippen LogP contribution in [-0.4, -0.2) is 25.8 Å². The van der Waals surface area contributed by atoms with Crippen LogP contribution in [-0.2, 0) is 14.8 Å². The maximum Gasteiger partial charge on any atom is 0.271 e. The van der Waals surface area contributed by atoms with Gasteiger partial charge in [-0.05, 0) is 37.6 Å². The number of benzene rings is 3. The van der Waals surface area contributed by atoms with E-state index in [1.807, 2.05) is 37.3 Å². The van der Waals surface area contributed by atoms with E-state index in [2.05, 4.69) is 5.32 Å². The fraction of sp³-hybridized carbons (Fsp3) is 0.174. The minimum atomic E-state index is -4.16. The van der Waals surface area contributed by atoms with E-state index in [-0.39, 0.29) is 22.3 Å². The quantitative estimate of drug-likeness (QED) is 0.410. The van der Waals surface area contributed by atoms with Crippen LogP contribution in [0.15, 0.2) is 83.8 Å². The van der Waals surface area contributed by atoms with Crippen LogP contribution in [0.1, 0.15) is 24.1 Å². The summed E-state index contributed by atoms with van der Waals surface area (Å²) in [6.07, 6.45) is 0. The smallest absolute Gasteiger partial charge is 0.271 e. The van der Waals surface area contributed by atoms with Gasteiger partial charge in [0.05, 0.1) is 21.5 Å². The zero-order valence-corrected chi connectivity index (χ0v) is 18.5. The normalized spacial score (nSPS) is 12.1. The van der Waals surface area contributed by atoms with Crippen LogP contribution >= 0.6 is 0 Å². The minimum Gasteiger partial charge on any atom is -0.348 e. The number of non-ortho nitro benzene ring substituents is 1. The molecule has 0 aliphatic heterocycles. The first-order chi connectivity index (χ1) is 15.2. The first-order valence-corrected chi connectivity index (χ1v) is 11.3. The number of sulfonamides is 1. The molecule has 0 unspecified atom stereocenters. The van der Waals surface area contributed by atoms with Gasteiger partial charge in [-0.15, -0.1) is 0 Å². The van der Waals surface area contributed by atoms with Crippen LogP contribution in [0, 0.1) is 17.0 Å². The molecule has 9 heteroatoms. The summed E-state index contributed by atoms with van der Waals surface area (Å²) in [5.74, 6) is -0.538. The lowest BCUT2D eigenvalue weighted by Crippen LogP contribution is -2.41. The molecular weight excluding hydrogens is 430 g/mol. The second-order valence-corrected chi connectivity index (χ2v) is 9.16. The molecule has 0 aliphatic rings. The molecule has 0 heterocycles. The Morgan fingerprint density at radius 1 is 1.03 bits per heavy atom. The van der Waals surface area contributed by atoms with E-state index in [4.69, 9.17) is 0 Å². The molecule has 0 aromatic heterocycles. The third-order valence-corrected chi connectivity index (χ3v) is 6.69. The molecule has 0 saturated heterocycles. The molecule has 0 bridgehead atoms. The molecule has 166 valence electrons. The summed E-state index contributed by atoms with van der Waals surface area (Å²) in [4.78, 5) is 23.4. The Morgan fingerprint density at radius 2 is 1.69 bits per heavy atom. The Bertz CT molecular complexity index is 1210. The average Bonchev–Trinajstić information content (AvgIpc) is 2.78. The van der Waals surface area contributed by atoms with Crippen molar-refractivity contribution in [3.8, 4) is 0 Å². The summed E-state index contributed by atoms with van der Waals surface area (Å²) in [5.41, 5.74) is 1.50. The Morgan fingerprint density at radius 3 is 2.31 bits per heavy atom. The predicted molar refractivity (Wildman–Crippen MR) is 122 cm³/mol. The molecule has 1 amide bonds. The van der Waals surface area contributed by atoms with E-state index < -0.39 is 27.4 Å². The van der Waals surface area contributed by atoms with E-state index in [0.29, 0.717) is 0 Å². The molecular formula is C23H23N3O5S. The maximum absolute atomic E-state index is 13.4. The van der Waals surface area contributed by atoms with E-state index in [1.54, 1.807) is 19.1 Å².